The molecule has 0 unspecified atom stereocenters. The van der Waals surface area contributed by atoms with Gasteiger partial charge in [0.05, 0.1) is 38.8 Å². The predicted octanol–water partition coefficient (Wildman–Crippen LogP) is 12.6. The van der Waals surface area contributed by atoms with Gasteiger partial charge in [0.15, 0.2) is 0 Å². The fourth-order valence-corrected chi connectivity index (χ4v) is 8.50. The van der Waals surface area contributed by atoms with Crippen LogP contribution in [0.1, 0.15) is 0 Å². The molecule has 8 aromatic carbocycles. The second-order valence-corrected chi connectivity index (χ2v) is 13.4. The molecule has 11 rings (SSSR count). The molecule has 0 saturated heterocycles. The van der Waals surface area contributed by atoms with E-state index in [0.29, 0.717) is 0 Å². The molecule has 3 nitrogen and oxygen atoms in total. The zero-order valence-electron chi connectivity index (χ0n) is 27.7. The van der Waals surface area contributed by atoms with Gasteiger partial charge in [-0.05, 0) is 77.9 Å². The lowest BCUT2D eigenvalue weighted by Gasteiger charge is -2.13. The van der Waals surface area contributed by atoms with E-state index in [1.807, 2.05) is 0 Å². The van der Waals surface area contributed by atoms with Gasteiger partial charge >= 0.3 is 0 Å². The van der Waals surface area contributed by atoms with Crippen LogP contribution in [-0.2, 0) is 0 Å². The first-order chi connectivity index (χ1) is 25.3. The number of hydrogen-bond acceptors (Lipinski definition) is 0. The van der Waals surface area contributed by atoms with E-state index in [-0.39, 0.29) is 0 Å². The van der Waals surface area contributed by atoms with Gasteiger partial charge < -0.3 is 13.7 Å². The highest BCUT2D eigenvalue weighted by atomic mass is 15.0. The Labute approximate surface area is 294 Å². The van der Waals surface area contributed by atoms with Crippen LogP contribution in [0.4, 0.5) is 0 Å². The summed E-state index contributed by atoms with van der Waals surface area (Å²) in [4.78, 5) is 0. The van der Waals surface area contributed by atoms with Crippen LogP contribution in [-0.4, -0.2) is 13.7 Å². The summed E-state index contributed by atoms with van der Waals surface area (Å²) in [5, 5.41) is 7.57. The van der Waals surface area contributed by atoms with Crippen molar-refractivity contribution in [2.24, 2.45) is 0 Å². The summed E-state index contributed by atoms with van der Waals surface area (Å²) in [5.41, 5.74) is 13.1. The summed E-state index contributed by atoms with van der Waals surface area (Å²) in [7, 11) is 0. The van der Waals surface area contributed by atoms with Crippen molar-refractivity contribution in [3.8, 4) is 28.2 Å². The van der Waals surface area contributed by atoms with Crippen LogP contribution in [0.2, 0.25) is 0 Å². The molecule has 0 spiro atoms. The molecular weight excluding hydrogens is 619 g/mol. The quantitative estimate of drug-likeness (QED) is 0.180. The van der Waals surface area contributed by atoms with Crippen LogP contribution in [0.5, 0.6) is 0 Å². The zero-order valence-corrected chi connectivity index (χ0v) is 27.7. The molecule has 238 valence electrons. The van der Waals surface area contributed by atoms with Crippen molar-refractivity contribution in [3.05, 3.63) is 188 Å². The van der Waals surface area contributed by atoms with Crippen LogP contribution in [0.3, 0.4) is 0 Å². The second kappa shape index (κ2) is 10.8. The molecule has 0 bridgehead atoms. The topological polar surface area (TPSA) is 14.8 Å². The van der Waals surface area contributed by atoms with E-state index in [1.165, 1.54) is 82.2 Å². The summed E-state index contributed by atoms with van der Waals surface area (Å²) < 4.78 is 7.27. The van der Waals surface area contributed by atoms with Crippen LogP contribution in [0.15, 0.2) is 188 Å². The molecule has 0 amide bonds. The first-order valence-electron chi connectivity index (χ1n) is 17.5. The molecular formula is C48H31N3. The van der Waals surface area contributed by atoms with Gasteiger partial charge in [-0.25, -0.2) is 0 Å². The third-order valence-electron chi connectivity index (χ3n) is 10.6. The molecule has 11 aromatic rings. The Morgan fingerprint density at radius 2 is 0.608 bits per heavy atom. The number of hydrogen-bond donors (Lipinski definition) is 0. The zero-order chi connectivity index (χ0) is 33.5. The molecule has 0 aliphatic rings. The predicted molar refractivity (Wildman–Crippen MR) is 215 cm³/mol. The molecule has 3 aromatic heterocycles. The number of nitrogens with zero attached hydrogens (tertiary/aromatic N) is 3. The van der Waals surface area contributed by atoms with E-state index in [4.69, 9.17) is 0 Å². The molecule has 0 N–H and O–H groups in total. The number of fused-ring (bicyclic) bond motifs is 9. The molecule has 0 saturated carbocycles. The largest absolute Gasteiger partial charge is 0.309 e. The number of benzene rings is 8. The first kappa shape index (κ1) is 28.0. The van der Waals surface area contributed by atoms with Crippen LogP contribution in [0.25, 0.3) is 93.6 Å². The third kappa shape index (κ3) is 4.06. The van der Waals surface area contributed by atoms with E-state index in [0.717, 1.165) is 11.4 Å². The Balaban J connectivity index is 1.12. The van der Waals surface area contributed by atoms with Crippen molar-refractivity contribution in [3.63, 3.8) is 0 Å². The Hall–Kier alpha value is -6.84. The molecule has 3 heteroatoms. The fourth-order valence-electron chi connectivity index (χ4n) is 8.50. The maximum Gasteiger partial charge on any atom is 0.0562 e. The van der Waals surface area contributed by atoms with E-state index in [9.17, 15) is 0 Å². The van der Waals surface area contributed by atoms with Crippen molar-refractivity contribution < 1.29 is 0 Å². The van der Waals surface area contributed by atoms with E-state index in [1.54, 1.807) is 0 Å². The van der Waals surface area contributed by atoms with Crippen LogP contribution < -0.4 is 0 Å². The van der Waals surface area contributed by atoms with Gasteiger partial charge in [-0.2, -0.15) is 0 Å². The maximum absolute atomic E-state index is 2.44. The first-order valence-corrected chi connectivity index (χ1v) is 17.5. The van der Waals surface area contributed by atoms with Gasteiger partial charge in [-0.15, -0.1) is 0 Å². The third-order valence-corrected chi connectivity index (χ3v) is 10.6. The Morgan fingerprint density at radius 1 is 0.255 bits per heavy atom. The van der Waals surface area contributed by atoms with Gasteiger partial charge in [0.2, 0.25) is 0 Å². The highest BCUT2D eigenvalue weighted by Crippen LogP contribution is 2.40. The monoisotopic (exact) mass is 649 g/mol. The Morgan fingerprint density at radius 3 is 1.10 bits per heavy atom. The minimum atomic E-state index is 1.14. The maximum atomic E-state index is 2.44. The van der Waals surface area contributed by atoms with Crippen molar-refractivity contribution in [1.29, 1.82) is 0 Å². The minimum absolute atomic E-state index is 1.14. The van der Waals surface area contributed by atoms with E-state index in [2.05, 4.69) is 202 Å². The summed E-state index contributed by atoms with van der Waals surface area (Å²) in [6.45, 7) is 0. The van der Waals surface area contributed by atoms with Crippen molar-refractivity contribution >= 4 is 65.4 Å². The number of para-hydroxylation sites is 5. The number of rotatable bonds is 4. The van der Waals surface area contributed by atoms with E-state index >= 15 is 0 Å². The lowest BCUT2D eigenvalue weighted by atomic mass is 10.0. The van der Waals surface area contributed by atoms with Gasteiger partial charge in [0, 0.05) is 43.7 Å². The van der Waals surface area contributed by atoms with Gasteiger partial charge in [0.25, 0.3) is 0 Å². The average Bonchev–Trinajstić information content (AvgIpc) is 3.84. The normalized spacial score (nSPS) is 11.9. The Bertz CT molecular complexity index is 3040. The average molecular weight is 650 g/mol. The molecule has 0 aliphatic heterocycles. The molecule has 0 atom stereocenters. The standard InChI is InChI=1S/C48H31N3/c1-6-23-41-36(18-1)37-19-2-7-24-42(37)49(41)34-16-11-14-32(30-34)33-15-12-17-35(31-33)50-45-27-10-5-22-40(45)48-46(50)28-13-29-47(48)51-43-25-8-3-20-38(43)39-21-4-9-26-44(39)51/h1-31H. The molecule has 0 radical (unpaired) electrons. The summed E-state index contributed by atoms with van der Waals surface area (Å²) in [5.74, 6) is 0. The number of aromatic nitrogens is 3. The summed E-state index contributed by atoms with van der Waals surface area (Å²) in [6, 6.07) is 68.4. The van der Waals surface area contributed by atoms with Gasteiger partial charge in [-0.1, -0.05) is 121 Å². The fraction of sp³-hybridized carbons (Fsp3) is 0. The van der Waals surface area contributed by atoms with Crippen molar-refractivity contribution in [2.75, 3.05) is 0 Å². The molecule has 51 heavy (non-hydrogen) atoms. The van der Waals surface area contributed by atoms with E-state index < -0.39 is 0 Å². The second-order valence-electron chi connectivity index (χ2n) is 13.4. The van der Waals surface area contributed by atoms with Gasteiger partial charge in [0.1, 0.15) is 0 Å². The molecule has 0 aliphatic carbocycles. The molecule has 3 heterocycles. The Kier molecular flexibility index (Phi) is 5.96. The summed E-state index contributed by atoms with van der Waals surface area (Å²) >= 11 is 0. The summed E-state index contributed by atoms with van der Waals surface area (Å²) in [6.07, 6.45) is 0. The lowest BCUT2D eigenvalue weighted by molar-refractivity contribution is 1.17. The minimum Gasteiger partial charge on any atom is -0.309 e. The van der Waals surface area contributed by atoms with Crippen molar-refractivity contribution in [1.82, 2.24) is 13.7 Å². The van der Waals surface area contributed by atoms with Gasteiger partial charge in [-0.3, -0.25) is 0 Å². The highest BCUT2D eigenvalue weighted by molar-refractivity contribution is 6.16. The lowest BCUT2D eigenvalue weighted by Crippen LogP contribution is -1.97. The smallest absolute Gasteiger partial charge is 0.0562 e. The van der Waals surface area contributed by atoms with Crippen LogP contribution in [0, 0.1) is 0 Å². The van der Waals surface area contributed by atoms with Crippen LogP contribution >= 0.6 is 0 Å². The highest BCUT2D eigenvalue weighted by Gasteiger charge is 2.19. The molecule has 0 fully saturated rings. The van der Waals surface area contributed by atoms with Crippen molar-refractivity contribution in [2.45, 2.75) is 0 Å². The SMILES string of the molecule is c1cc(-c2cccc(-n3c4ccccc4c4c(-n5c6ccccc6c6ccccc65)cccc43)c2)cc(-n2c3ccccc3c3ccccc32)c1.